The molecule has 0 saturated carbocycles. The van der Waals surface area contributed by atoms with Gasteiger partial charge in [-0.1, -0.05) is 29.8 Å². The molecule has 0 radical (unpaired) electrons. The standard InChI is InChI=1S/C19H22N2O/c1-12-10-19(13(2)9-16(12)22)11-18(3,4)21-17(19)14-7-5-6-8-15(14)20/h5-10H,11,20H2,1-4H3. The molecular weight excluding hydrogens is 272 g/mol. The maximum Gasteiger partial charge on any atom is 0.181 e. The van der Waals surface area contributed by atoms with Crippen LogP contribution in [0.25, 0.3) is 0 Å². The van der Waals surface area contributed by atoms with Crippen molar-refractivity contribution in [3.8, 4) is 0 Å². The number of nitrogen functional groups attached to an aromatic ring is 1. The van der Waals surface area contributed by atoms with Crippen molar-refractivity contribution in [3.05, 3.63) is 53.1 Å². The molecule has 2 N–H and O–H groups in total. The van der Waals surface area contributed by atoms with Crippen LogP contribution in [0.1, 0.15) is 39.7 Å². The number of para-hydroxylation sites is 1. The minimum absolute atomic E-state index is 0.0909. The molecule has 1 atom stereocenters. The number of ketones is 1. The Morgan fingerprint density at radius 3 is 2.55 bits per heavy atom. The van der Waals surface area contributed by atoms with Crippen LogP contribution in [-0.2, 0) is 4.79 Å². The summed E-state index contributed by atoms with van der Waals surface area (Å²) in [6.45, 7) is 8.17. The van der Waals surface area contributed by atoms with Crippen molar-refractivity contribution >= 4 is 17.2 Å². The lowest BCUT2D eigenvalue weighted by Crippen LogP contribution is -2.33. The molecule has 3 heteroatoms. The highest BCUT2D eigenvalue weighted by Gasteiger charge is 2.48. The molecule has 0 bridgehead atoms. The molecule has 1 aromatic rings. The van der Waals surface area contributed by atoms with E-state index >= 15 is 0 Å². The van der Waals surface area contributed by atoms with Gasteiger partial charge in [-0.25, -0.2) is 0 Å². The van der Waals surface area contributed by atoms with E-state index in [4.69, 9.17) is 10.7 Å². The van der Waals surface area contributed by atoms with E-state index in [1.807, 2.05) is 38.1 Å². The van der Waals surface area contributed by atoms with Gasteiger partial charge in [0.05, 0.1) is 16.7 Å². The maximum absolute atomic E-state index is 12.0. The highest BCUT2D eigenvalue weighted by Crippen LogP contribution is 2.50. The summed E-state index contributed by atoms with van der Waals surface area (Å²) in [5, 5.41) is 0. The molecule has 1 aliphatic heterocycles. The van der Waals surface area contributed by atoms with Gasteiger partial charge in [0, 0.05) is 11.3 Å². The summed E-state index contributed by atoms with van der Waals surface area (Å²) >= 11 is 0. The van der Waals surface area contributed by atoms with E-state index in [-0.39, 0.29) is 16.7 Å². The first-order chi connectivity index (χ1) is 10.3. The summed E-state index contributed by atoms with van der Waals surface area (Å²) in [5.41, 5.74) is 10.2. The molecule has 2 aliphatic rings. The number of benzene rings is 1. The summed E-state index contributed by atoms with van der Waals surface area (Å²) < 4.78 is 0. The number of allylic oxidation sites excluding steroid dienone is 4. The molecule has 1 heterocycles. The number of carbonyl (C=O) groups excluding carboxylic acids is 1. The lowest BCUT2D eigenvalue weighted by Gasteiger charge is -2.34. The van der Waals surface area contributed by atoms with Gasteiger partial charge in [0.25, 0.3) is 0 Å². The van der Waals surface area contributed by atoms with Crippen LogP contribution in [0, 0.1) is 5.41 Å². The second kappa shape index (κ2) is 4.67. The molecule has 22 heavy (non-hydrogen) atoms. The normalized spacial score (nSPS) is 26.7. The summed E-state index contributed by atoms with van der Waals surface area (Å²) in [4.78, 5) is 17.0. The van der Waals surface area contributed by atoms with E-state index in [0.717, 1.165) is 34.5 Å². The van der Waals surface area contributed by atoms with Gasteiger partial charge in [0.1, 0.15) is 0 Å². The average molecular weight is 294 g/mol. The fourth-order valence-corrected chi connectivity index (χ4v) is 3.66. The number of rotatable bonds is 1. The van der Waals surface area contributed by atoms with Crippen LogP contribution in [0.2, 0.25) is 0 Å². The number of hydrogen-bond acceptors (Lipinski definition) is 3. The number of aliphatic imine (C=N–C) groups is 1. The number of carbonyl (C=O) groups is 1. The van der Waals surface area contributed by atoms with Gasteiger partial charge in [0.2, 0.25) is 0 Å². The summed E-state index contributed by atoms with van der Waals surface area (Å²) in [6.07, 6.45) is 4.70. The van der Waals surface area contributed by atoms with Gasteiger partial charge in [-0.3, -0.25) is 9.79 Å². The van der Waals surface area contributed by atoms with E-state index in [2.05, 4.69) is 19.9 Å². The minimum atomic E-state index is -0.322. The van der Waals surface area contributed by atoms with E-state index in [1.54, 1.807) is 6.08 Å². The quantitative estimate of drug-likeness (QED) is 0.803. The van der Waals surface area contributed by atoms with Crippen molar-refractivity contribution < 1.29 is 4.79 Å². The Bertz CT molecular complexity index is 752. The lowest BCUT2D eigenvalue weighted by molar-refractivity contribution is -0.111. The molecule has 0 aromatic heterocycles. The third kappa shape index (κ3) is 2.12. The van der Waals surface area contributed by atoms with Gasteiger partial charge in [-0.05, 0) is 51.8 Å². The second-order valence-electron chi connectivity index (χ2n) is 7.03. The Kier molecular flexibility index (Phi) is 3.13. The molecule has 0 fully saturated rings. The van der Waals surface area contributed by atoms with Crippen LogP contribution in [0.15, 0.2) is 52.6 Å². The highest BCUT2D eigenvalue weighted by molar-refractivity contribution is 6.16. The minimum Gasteiger partial charge on any atom is -0.398 e. The molecule has 0 amide bonds. The predicted octanol–water partition coefficient (Wildman–Crippen LogP) is 3.70. The predicted molar refractivity (Wildman–Crippen MR) is 91.0 cm³/mol. The molecule has 114 valence electrons. The van der Waals surface area contributed by atoms with Crippen molar-refractivity contribution in [1.82, 2.24) is 0 Å². The SMILES string of the molecule is CC1=CC2(CC(C)(C)N=C2c2ccccc2N)C(C)=CC1=O. The first-order valence-electron chi connectivity index (χ1n) is 7.63. The Balaban J connectivity index is 2.25. The van der Waals surface area contributed by atoms with Crippen molar-refractivity contribution in [2.75, 3.05) is 5.73 Å². The van der Waals surface area contributed by atoms with Crippen molar-refractivity contribution in [2.24, 2.45) is 10.4 Å². The van der Waals surface area contributed by atoms with Crippen molar-refractivity contribution in [3.63, 3.8) is 0 Å². The molecule has 1 spiro atoms. The van der Waals surface area contributed by atoms with Gasteiger partial charge in [-0.15, -0.1) is 0 Å². The zero-order valence-corrected chi connectivity index (χ0v) is 13.6. The smallest absolute Gasteiger partial charge is 0.181 e. The van der Waals surface area contributed by atoms with Crippen molar-refractivity contribution in [1.29, 1.82) is 0 Å². The van der Waals surface area contributed by atoms with Gasteiger partial charge < -0.3 is 5.73 Å². The third-order valence-electron chi connectivity index (χ3n) is 4.67. The maximum atomic E-state index is 12.0. The molecule has 3 nitrogen and oxygen atoms in total. The summed E-state index contributed by atoms with van der Waals surface area (Å²) in [5.74, 6) is 0.0909. The topological polar surface area (TPSA) is 55.4 Å². The summed E-state index contributed by atoms with van der Waals surface area (Å²) in [7, 11) is 0. The van der Waals surface area contributed by atoms with Crippen molar-refractivity contribution in [2.45, 2.75) is 39.7 Å². The molecule has 1 aromatic carbocycles. The molecule has 1 unspecified atom stereocenters. The molecular formula is C19H22N2O. The van der Waals surface area contributed by atoms with Crippen LogP contribution in [0.4, 0.5) is 5.69 Å². The largest absolute Gasteiger partial charge is 0.398 e. The number of hydrogen-bond donors (Lipinski definition) is 1. The fraction of sp³-hybridized carbons (Fsp3) is 0.368. The van der Waals surface area contributed by atoms with Crippen LogP contribution in [-0.4, -0.2) is 17.0 Å². The molecule has 1 aliphatic carbocycles. The van der Waals surface area contributed by atoms with E-state index in [1.165, 1.54) is 0 Å². The monoisotopic (exact) mass is 294 g/mol. The van der Waals surface area contributed by atoms with E-state index in [0.29, 0.717) is 0 Å². The van der Waals surface area contributed by atoms with Gasteiger partial charge >= 0.3 is 0 Å². The lowest BCUT2D eigenvalue weighted by atomic mass is 9.67. The van der Waals surface area contributed by atoms with Crippen LogP contribution in [0.3, 0.4) is 0 Å². The number of nitrogens with zero attached hydrogens (tertiary/aromatic N) is 1. The summed E-state index contributed by atoms with van der Waals surface area (Å²) in [6, 6.07) is 7.84. The molecule has 0 saturated heterocycles. The van der Waals surface area contributed by atoms with Gasteiger partial charge in [0.15, 0.2) is 5.78 Å². The van der Waals surface area contributed by atoms with Crippen LogP contribution in [0.5, 0.6) is 0 Å². The van der Waals surface area contributed by atoms with Gasteiger partial charge in [-0.2, -0.15) is 0 Å². The first kappa shape index (κ1) is 14.8. The zero-order chi connectivity index (χ0) is 16.1. The van der Waals surface area contributed by atoms with E-state index in [9.17, 15) is 4.79 Å². The Hall–Kier alpha value is -2.16. The first-order valence-corrected chi connectivity index (χ1v) is 7.63. The zero-order valence-electron chi connectivity index (χ0n) is 13.6. The van der Waals surface area contributed by atoms with Crippen LogP contribution < -0.4 is 5.73 Å². The van der Waals surface area contributed by atoms with E-state index < -0.39 is 0 Å². The van der Waals surface area contributed by atoms with Crippen LogP contribution >= 0.6 is 0 Å². The third-order valence-corrected chi connectivity index (χ3v) is 4.67. The number of anilines is 1. The average Bonchev–Trinajstić information content (AvgIpc) is 2.69. The molecule has 3 rings (SSSR count). The highest BCUT2D eigenvalue weighted by atomic mass is 16.1. The Morgan fingerprint density at radius 2 is 1.86 bits per heavy atom. The second-order valence-corrected chi connectivity index (χ2v) is 7.03. The Morgan fingerprint density at radius 1 is 1.18 bits per heavy atom. The Labute approximate surface area is 131 Å². The number of nitrogens with two attached hydrogens (primary N) is 1. The fourth-order valence-electron chi connectivity index (χ4n) is 3.66.